The molecular weight excluding hydrogens is 372 g/mol. The van der Waals surface area contributed by atoms with Gasteiger partial charge in [0, 0.05) is 5.41 Å². The topological polar surface area (TPSA) is 121 Å². The smallest absolute Gasteiger partial charge is 0.157 e. The fraction of sp³-hybridized carbons (Fsp3) is 0.217. The summed E-state index contributed by atoms with van der Waals surface area (Å²) in [5.74, 6) is -1.25. The zero-order chi connectivity index (χ0) is 20.3. The van der Waals surface area contributed by atoms with Crippen molar-refractivity contribution in [3.63, 3.8) is 0 Å². The molecule has 3 aliphatic carbocycles. The van der Waals surface area contributed by atoms with Crippen LogP contribution in [0.3, 0.4) is 0 Å². The Bertz CT molecular complexity index is 1110. The van der Waals surface area contributed by atoms with E-state index in [0.717, 1.165) is 33.4 Å². The molecule has 6 nitrogen and oxygen atoms in total. The molecule has 0 heterocycles. The predicted octanol–water partition coefficient (Wildman–Crippen LogP) is 2.91. The average molecular weight is 390 g/mol. The van der Waals surface area contributed by atoms with E-state index in [0.29, 0.717) is 19.3 Å². The van der Waals surface area contributed by atoms with Crippen LogP contribution in [-0.2, 0) is 24.7 Å². The van der Waals surface area contributed by atoms with Gasteiger partial charge in [-0.25, -0.2) is 0 Å². The van der Waals surface area contributed by atoms with Crippen LogP contribution in [0, 0.1) is 5.41 Å². The first-order valence-electron chi connectivity index (χ1n) is 9.43. The van der Waals surface area contributed by atoms with Gasteiger partial charge in [-0.1, -0.05) is 0 Å². The lowest BCUT2D eigenvalue weighted by Crippen LogP contribution is -2.37. The number of rotatable bonds is 0. The summed E-state index contributed by atoms with van der Waals surface area (Å²) in [5.41, 5.74) is 3.96. The van der Waals surface area contributed by atoms with Crippen LogP contribution in [0.5, 0.6) is 34.5 Å². The van der Waals surface area contributed by atoms with Crippen LogP contribution in [0.4, 0.5) is 0 Å². The fourth-order valence-electron chi connectivity index (χ4n) is 6.32. The molecule has 0 atom stereocenters. The minimum Gasteiger partial charge on any atom is -0.504 e. The highest BCUT2D eigenvalue weighted by Crippen LogP contribution is 2.71. The van der Waals surface area contributed by atoms with Gasteiger partial charge in [0.15, 0.2) is 34.5 Å². The standard InChI is InChI=1S/C23H18O6/c24-16-1-10-7-22-8-11-2-17(25)20(28)5-14(11)23(22,13(10)4-19(16)27)15-6-21(29)18(26)3-12(15)9-22/h1-6,24-29H,7-9H2. The molecule has 0 saturated heterocycles. The van der Waals surface area contributed by atoms with Crippen molar-refractivity contribution in [1.82, 2.24) is 0 Å². The number of phenols is 6. The molecule has 0 aliphatic heterocycles. The maximum absolute atomic E-state index is 10.3. The van der Waals surface area contributed by atoms with E-state index in [1.54, 1.807) is 36.4 Å². The first-order chi connectivity index (χ1) is 13.8. The third-order valence-corrected chi connectivity index (χ3v) is 7.20. The lowest BCUT2D eigenvalue weighted by molar-refractivity contribution is 0.256. The molecular formula is C23H18O6. The Labute approximate surface area is 165 Å². The Kier molecular flexibility index (Phi) is 2.67. The third-order valence-electron chi connectivity index (χ3n) is 7.20. The summed E-state index contributed by atoms with van der Waals surface area (Å²) in [6, 6.07) is 9.42. The summed E-state index contributed by atoms with van der Waals surface area (Å²) in [4.78, 5) is 0. The van der Waals surface area contributed by atoms with E-state index < -0.39 is 5.41 Å². The first-order valence-corrected chi connectivity index (χ1v) is 9.43. The zero-order valence-electron chi connectivity index (χ0n) is 15.3. The largest absolute Gasteiger partial charge is 0.504 e. The summed E-state index contributed by atoms with van der Waals surface area (Å²) < 4.78 is 0. The molecule has 6 N–H and O–H groups in total. The molecule has 0 saturated carbocycles. The first kappa shape index (κ1) is 16.4. The number of phenolic OH excluding ortho intramolecular Hbond substituents is 6. The van der Waals surface area contributed by atoms with Crippen molar-refractivity contribution in [1.29, 1.82) is 0 Å². The van der Waals surface area contributed by atoms with E-state index in [9.17, 15) is 30.6 Å². The van der Waals surface area contributed by atoms with E-state index >= 15 is 0 Å². The molecule has 0 aromatic heterocycles. The molecule has 3 aromatic carbocycles. The molecule has 0 fully saturated rings. The Morgan fingerprint density at radius 3 is 1.03 bits per heavy atom. The lowest BCUT2D eigenvalue weighted by Gasteiger charge is -2.37. The minimum absolute atomic E-state index is 0.183. The fourth-order valence-corrected chi connectivity index (χ4v) is 6.32. The van der Waals surface area contributed by atoms with Gasteiger partial charge in [0.2, 0.25) is 0 Å². The average Bonchev–Trinajstić information content (AvgIpc) is 3.15. The second-order valence-electron chi connectivity index (χ2n) is 8.55. The molecule has 146 valence electrons. The van der Waals surface area contributed by atoms with Crippen molar-refractivity contribution >= 4 is 0 Å². The van der Waals surface area contributed by atoms with Gasteiger partial charge >= 0.3 is 0 Å². The minimum atomic E-state index is -0.769. The Morgan fingerprint density at radius 2 is 0.724 bits per heavy atom. The Balaban J connectivity index is 1.79. The highest BCUT2D eigenvalue weighted by Gasteiger charge is 2.67. The Hall–Kier alpha value is -3.54. The molecule has 0 unspecified atom stereocenters. The molecule has 0 bridgehead atoms. The van der Waals surface area contributed by atoms with Crippen molar-refractivity contribution < 1.29 is 30.6 Å². The zero-order valence-corrected chi connectivity index (χ0v) is 15.3. The lowest BCUT2D eigenvalue weighted by atomic mass is 9.64. The second kappa shape index (κ2) is 4.71. The SMILES string of the molecule is Oc1cc2c(cc1O)C13c4cc(O)c(O)cc4CC1(C2)Cc1cc(O)c(O)cc13. The number of hydrogen-bond acceptors (Lipinski definition) is 6. The summed E-state index contributed by atoms with van der Waals surface area (Å²) >= 11 is 0. The molecule has 0 amide bonds. The van der Waals surface area contributed by atoms with E-state index in [1.807, 2.05) is 0 Å². The van der Waals surface area contributed by atoms with E-state index in [4.69, 9.17) is 0 Å². The van der Waals surface area contributed by atoms with Crippen LogP contribution in [-0.4, -0.2) is 30.6 Å². The van der Waals surface area contributed by atoms with Crippen molar-refractivity contribution in [2.75, 3.05) is 0 Å². The third kappa shape index (κ3) is 1.65. The van der Waals surface area contributed by atoms with E-state index in [1.165, 1.54) is 0 Å². The van der Waals surface area contributed by atoms with E-state index in [2.05, 4.69) is 0 Å². The molecule has 6 heteroatoms. The van der Waals surface area contributed by atoms with Crippen LogP contribution < -0.4 is 0 Å². The maximum Gasteiger partial charge on any atom is 0.157 e. The van der Waals surface area contributed by atoms with Crippen molar-refractivity contribution in [3.8, 4) is 34.5 Å². The maximum atomic E-state index is 10.3. The molecule has 3 aliphatic rings. The number of fused-ring (bicyclic) bond motifs is 3. The molecule has 0 radical (unpaired) electrons. The molecule has 0 spiro atoms. The summed E-state index contributed by atoms with van der Waals surface area (Å²) in [6.07, 6.45) is 1.84. The number of hydrogen-bond donors (Lipinski definition) is 6. The molecule has 6 rings (SSSR count). The van der Waals surface area contributed by atoms with Gasteiger partial charge in [-0.05, 0) is 89.0 Å². The van der Waals surface area contributed by atoms with Gasteiger partial charge in [-0.2, -0.15) is 0 Å². The summed E-state index contributed by atoms with van der Waals surface area (Å²) in [5, 5.41) is 61.0. The van der Waals surface area contributed by atoms with Crippen LogP contribution in [0.2, 0.25) is 0 Å². The van der Waals surface area contributed by atoms with Gasteiger partial charge < -0.3 is 30.6 Å². The van der Waals surface area contributed by atoms with Gasteiger partial charge in [-0.15, -0.1) is 0 Å². The van der Waals surface area contributed by atoms with Gasteiger partial charge in [0.05, 0.1) is 5.41 Å². The van der Waals surface area contributed by atoms with Crippen LogP contribution in [0.1, 0.15) is 33.4 Å². The number of benzene rings is 3. The van der Waals surface area contributed by atoms with E-state index in [-0.39, 0.29) is 39.9 Å². The monoisotopic (exact) mass is 390 g/mol. The van der Waals surface area contributed by atoms with Crippen molar-refractivity contribution in [3.05, 3.63) is 69.8 Å². The van der Waals surface area contributed by atoms with Gasteiger partial charge in [0.1, 0.15) is 0 Å². The van der Waals surface area contributed by atoms with Crippen LogP contribution in [0.25, 0.3) is 0 Å². The van der Waals surface area contributed by atoms with Crippen LogP contribution >= 0.6 is 0 Å². The number of aromatic hydroxyl groups is 6. The highest BCUT2D eigenvalue weighted by atomic mass is 16.3. The van der Waals surface area contributed by atoms with Crippen molar-refractivity contribution in [2.24, 2.45) is 5.41 Å². The summed E-state index contributed by atoms with van der Waals surface area (Å²) in [6.45, 7) is 0. The van der Waals surface area contributed by atoms with Gasteiger partial charge in [-0.3, -0.25) is 0 Å². The van der Waals surface area contributed by atoms with Crippen LogP contribution in [0.15, 0.2) is 36.4 Å². The Morgan fingerprint density at radius 1 is 0.448 bits per heavy atom. The second-order valence-corrected chi connectivity index (χ2v) is 8.55. The molecule has 3 aromatic rings. The molecule has 29 heavy (non-hydrogen) atoms. The van der Waals surface area contributed by atoms with Crippen molar-refractivity contribution in [2.45, 2.75) is 24.7 Å². The highest BCUT2D eigenvalue weighted by molar-refractivity contribution is 5.74. The normalized spacial score (nSPS) is 25.2. The quantitative estimate of drug-likeness (QED) is 0.328. The predicted molar refractivity (Wildman–Crippen MR) is 103 cm³/mol. The summed E-state index contributed by atoms with van der Waals surface area (Å²) in [7, 11) is 0. The van der Waals surface area contributed by atoms with Gasteiger partial charge in [0.25, 0.3) is 0 Å².